The van der Waals surface area contributed by atoms with Gasteiger partial charge in [-0.1, -0.05) is 145 Å². The van der Waals surface area contributed by atoms with E-state index < -0.39 is 12.1 Å². The molecule has 0 aliphatic carbocycles. The summed E-state index contributed by atoms with van der Waals surface area (Å²) in [6.07, 6.45) is 0. The standard InChI is InChI=1S/C32H24P2S4/c35-33(25-13-5-1-6-14-25,26-15-7-2-8-16-26)31-23-21-29(37-31)30-22-24-32(38-30)34(36,27-17-9-3-10-18-27)28-19-11-4-12-20-28/h1-24H. The molecule has 0 radical (unpaired) electrons. The SMILES string of the molecule is S=P(c1ccccc1)(c1ccccc1)c1ccc(-c2ccc(P(=S)(c3ccccc3)c3ccccc3)s2)s1. The molecule has 0 fully saturated rings. The van der Waals surface area contributed by atoms with E-state index in [1.54, 1.807) is 0 Å². The van der Waals surface area contributed by atoms with E-state index in [4.69, 9.17) is 23.6 Å². The van der Waals surface area contributed by atoms with Crippen molar-refractivity contribution in [3.05, 3.63) is 146 Å². The Hall–Kier alpha value is -2.42. The predicted molar refractivity (Wildman–Crippen MR) is 180 cm³/mol. The molecule has 0 atom stereocenters. The molecule has 6 rings (SSSR count). The highest BCUT2D eigenvalue weighted by Gasteiger charge is 2.29. The van der Waals surface area contributed by atoms with Gasteiger partial charge in [0.1, 0.15) is 0 Å². The molecule has 2 aromatic heterocycles. The van der Waals surface area contributed by atoms with Crippen molar-refractivity contribution in [3.8, 4) is 9.75 Å². The van der Waals surface area contributed by atoms with Gasteiger partial charge in [0.2, 0.25) is 0 Å². The maximum absolute atomic E-state index is 6.57. The summed E-state index contributed by atoms with van der Waals surface area (Å²) in [6.45, 7) is 0. The van der Waals surface area contributed by atoms with E-state index >= 15 is 0 Å². The molecule has 0 aliphatic rings. The van der Waals surface area contributed by atoms with Crippen molar-refractivity contribution in [3.63, 3.8) is 0 Å². The monoisotopic (exact) mass is 598 g/mol. The van der Waals surface area contributed by atoms with Gasteiger partial charge in [-0.15, -0.1) is 22.7 Å². The lowest BCUT2D eigenvalue weighted by atomic mass is 10.4. The predicted octanol–water partition coefficient (Wildman–Crippen LogP) is 6.99. The van der Waals surface area contributed by atoms with Crippen LogP contribution in [0.2, 0.25) is 0 Å². The third-order valence-electron chi connectivity index (χ3n) is 6.53. The van der Waals surface area contributed by atoms with Gasteiger partial charge in [0.05, 0.1) is 0 Å². The van der Waals surface area contributed by atoms with Crippen LogP contribution in [0.1, 0.15) is 0 Å². The molecule has 186 valence electrons. The summed E-state index contributed by atoms with van der Waals surface area (Å²) < 4.78 is 2.53. The number of thiophene rings is 2. The first-order valence-electron chi connectivity index (χ1n) is 12.2. The summed E-state index contributed by atoms with van der Waals surface area (Å²) in [5.74, 6) is 0. The maximum Gasteiger partial charge on any atom is 0.0475 e. The lowest BCUT2D eigenvalue weighted by Gasteiger charge is -2.22. The number of rotatable bonds is 7. The van der Waals surface area contributed by atoms with E-state index in [0.29, 0.717) is 0 Å². The van der Waals surface area contributed by atoms with E-state index in [9.17, 15) is 0 Å². The van der Waals surface area contributed by atoms with Crippen molar-refractivity contribution in [1.29, 1.82) is 0 Å². The molecule has 2 heterocycles. The smallest absolute Gasteiger partial charge is 0.0475 e. The Morgan fingerprint density at radius 3 is 0.868 bits per heavy atom. The fourth-order valence-corrected chi connectivity index (χ4v) is 16.1. The van der Waals surface area contributed by atoms with Crippen molar-refractivity contribution in [1.82, 2.24) is 0 Å². The van der Waals surface area contributed by atoms with Gasteiger partial charge in [-0.05, 0) is 45.5 Å². The Balaban J connectivity index is 1.44. The molecule has 0 saturated heterocycles. The van der Waals surface area contributed by atoms with Crippen LogP contribution in [0.25, 0.3) is 9.75 Å². The molecule has 0 nitrogen and oxygen atoms in total. The Bertz CT molecular complexity index is 1540. The first-order valence-corrected chi connectivity index (χ1v) is 19.5. The number of benzene rings is 4. The van der Waals surface area contributed by atoms with Gasteiger partial charge in [0, 0.05) is 31.1 Å². The second-order valence-corrected chi connectivity index (χ2v) is 20.4. The van der Waals surface area contributed by atoms with Crippen LogP contribution in [-0.4, -0.2) is 0 Å². The molecule has 6 aromatic rings. The normalized spacial score (nSPS) is 11.9. The van der Waals surface area contributed by atoms with E-state index in [1.807, 2.05) is 22.7 Å². The highest BCUT2D eigenvalue weighted by Crippen LogP contribution is 2.49. The molecule has 4 aromatic carbocycles. The van der Waals surface area contributed by atoms with E-state index in [1.165, 1.54) is 40.2 Å². The van der Waals surface area contributed by atoms with E-state index in [-0.39, 0.29) is 0 Å². The van der Waals surface area contributed by atoms with Gasteiger partial charge in [0.15, 0.2) is 0 Å². The van der Waals surface area contributed by atoms with Gasteiger partial charge >= 0.3 is 0 Å². The van der Waals surface area contributed by atoms with Gasteiger partial charge in [-0.3, -0.25) is 0 Å². The second kappa shape index (κ2) is 11.0. The summed E-state index contributed by atoms with van der Waals surface area (Å²) in [7, 11) is 0. The van der Waals surface area contributed by atoms with E-state index in [2.05, 4.69) is 146 Å². The molecule has 0 N–H and O–H groups in total. The van der Waals surface area contributed by atoms with Crippen molar-refractivity contribution in [2.45, 2.75) is 0 Å². The fourth-order valence-electron chi connectivity index (χ4n) is 4.62. The minimum absolute atomic E-state index is 1.23. The van der Waals surface area contributed by atoms with Crippen LogP contribution < -0.4 is 30.5 Å². The highest BCUT2D eigenvalue weighted by molar-refractivity contribution is 8.27. The highest BCUT2D eigenvalue weighted by atomic mass is 32.4. The zero-order valence-corrected chi connectivity index (χ0v) is 25.4. The van der Waals surface area contributed by atoms with Crippen LogP contribution in [0.5, 0.6) is 0 Å². The van der Waals surface area contributed by atoms with Crippen LogP contribution in [0.15, 0.2) is 146 Å². The van der Waals surface area contributed by atoms with E-state index in [0.717, 1.165) is 0 Å². The van der Waals surface area contributed by atoms with Gasteiger partial charge in [-0.25, -0.2) is 0 Å². The number of hydrogen-bond donors (Lipinski definition) is 0. The third kappa shape index (κ3) is 4.65. The van der Waals surface area contributed by atoms with Gasteiger partial charge < -0.3 is 0 Å². The van der Waals surface area contributed by atoms with Crippen molar-refractivity contribution in [2.75, 3.05) is 0 Å². The summed E-state index contributed by atoms with van der Waals surface area (Å²) in [5, 5.41) is 4.91. The Kier molecular flexibility index (Phi) is 7.47. The molecular weight excluding hydrogens is 575 g/mol. The largest absolute Gasteiger partial charge is 0.133 e. The molecule has 0 spiro atoms. The van der Waals surface area contributed by atoms with Crippen molar-refractivity contribution >= 4 is 88.8 Å². The average Bonchev–Trinajstić information content (AvgIpc) is 3.69. The lowest BCUT2D eigenvalue weighted by molar-refractivity contribution is 1.75. The topological polar surface area (TPSA) is 0 Å². The molecular formula is C32H24P2S4. The second-order valence-electron chi connectivity index (χ2n) is 8.84. The maximum atomic E-state index is 6.57. The summed E-state index contributed by atoms with van der Waals surface area (Å²) in [4.78, 5) is 2.50. The Morgan fingerprint density at radius 2 is 0.605 bits per heavy atom. The molecule has 0 amide bonds. The minimum Gasteiger partial charge on any atom is -0.133 e. The van der Waals surface area contributed by atoms with Crippen LogP contribution in [0.4, 0.5) is 0 Å². The summed E-state index contributed by atoms with van der Waals surface area (Å²) in [6, 6.07) is 47.2. The zero-order chi connectivity index (χ0) is 26.0. The van der Waals surface area contributed by atoms with Crippen molar-refractivity contribution in [2.24, 2.45) is 0 Å². The van der Waals surface area contributed by atoms with Crippen LogP contribution in [0.3, 0.4) is 0 Å². The lowest BCUT2D eigenvalue weighted by Crippen LogP contribution is -2.22. The molecule has 0 unspecified atom stereocenters. The zero-order valence-electron chi connectivity index (χ0n) is 20.4. The molecule has 0 bridgehead atoms. The molecule has 0 aliphatic heterocycles. The van der Waals surface area contributed by atoms with Gasteiger partial charge in [-0.2, -0.15) is 0 Å². The quantitative estimate of drug-likeness (QED) is 0.182. The van der Waals surface area contributed by atoms with Crippen LogP contribution in [0, 0.1) is 0 Å². The van der Waals surface area contributed by atoms with Crippen LogP contribution in [-0.2, 0) is 23.6 Å². The third-order valence-corrected chi connectivity index (χ3v) is 20.7. The number of hydrogen-bond acceptors (Lipinski definition) is 4. The Morgan fingerprint density at radius 1 is 0.342 bits per heavy atom. The van der Waals surface area contributed by atoms with Gasteiger partial charge in [0.25, 0.3) is 0 Å². The van der Waals surface area contributed by atoms with Crippen LogP contribution >= 0.6 is 34.7 Å². The minimum atomic E-state index is -2.15. The summed E-state index contributed by atoms with van der Waals surface area (Å²) in [5.41, 5.74) is 0. The average molecular weight is 599 g/mol. The molecule has 0 saturated carbocycles. The molecule has 38 heavy (non-hydrogen) atoms. The first-order chi connectivity index (χ1) is 18.6. The van der Waals surface area contributed by atoms with Crippen molar-refractivity contribution < 1.29 is 0 Å². The Labute approximate surface area is 242 Å². The first kappa shape index (κ1) is 25.8. The summed E-state index contributed by atoms with van der Waals surface area (Å²) >= 11 is 16.8. The molecule has 6 heteroatoms. The fraction of sp³-hybridized carbons (Fsp3) is 0.